The van der Waals surface area contributed by atoms with Gasteiger partial charge in [-0.15, -0.1) is 5.06 Å². The summed E-state index contributed by atoms with van der Waals surface area (Å²) in [6.45, 7) is 11.3. The second kappa shape index (κ2) is 11.3. The molecule has 0 aliphatic rings. The molecule has 28 heavy (non-hydrogen) atoms. The van der Waals surface area contributed by atoms with E-state index in [0.29, 0.717) is 13.0 Å². The molecule has 0 aromatic carbocycles. The lowest BCUT2D eigenvalue weighted by molar-refractivity contribution is -0.162. The molecule has 9 heteroatoms. The molecule has 0 unspecified atom stereocenters. The fourth-order valence-corrected chi connectivity index (χ4v) is 2.20. The fraction of sp³-hybridized carbons (Fsp3) is 0.842. The van der Waals surface area contributed by atoms with Gasteiger partial charge in [0.15, 0.2) is 0 Å². The van der Waals surface area contributed by atoms with Crippen molar-refractivity contribution < 1.29 is 29.8 Å². The summed E-state index contributed by atoms with van der Waals surface area (Å²) < 4.78 is 0. The summed E-state index contributed by atoms with van der Waals surface area (Å²) >= 11 is 0. The van der Waals surface area contributed by atoms with E-state index in [0.717, 1.165) is 0 Å². The molecular formula is C19H37N3O6. The minimum absolute atomic E-state index is 0.0368. The third kappa shape index (κ3) is 10.6. The Hall–Kier alpha value is -1.71. The van der Waals surface area contributed by atoms with Crippen LogP contribution in [0.3, 0.4) is 0 Å². The summed E-state index contributed by atoms with van der Waals surface area (Å²) in [4.78, 5) is 35.9. The molecule has 0 bridgehead atoms. The zero-order valence-electron chi connectivity index (χ0n) is 17.9. The Morgan fingerprint density at radius 3 is 2.00 bits per heavy atom. The van der Waals surface area contributed by atoms with Crippen molar-refractivity contribution in [3.05, 3.63) is 0 Å². The molecule has 0 rings (SSSR count). The molecule has 9 nitrogen and oxygen atoms in total. The summed E-state index contributed by atoms with van der Waals surface area (Å²) in [5, 5.41) is 33.7. The number of imide groups is 1. The highest BCUT2D eigenvalue weighted by Gasteiger charge is 2.29. The number of hydrogen-bond donors (Lipinski definition) is 5. The smallest absolute Gasteiger partial charge is 0.348 e. The van der Waals surface area contributed by atoms with E-state index in [4.69, 9.17) is 0 Å². The number of amides is 4. The van der Waals surface area contributed by atoms with Gasteiger partial charge in [0.05, 0.1) is 0 Å². The van der Waals surface area contributed by atoms with Crippen molar-refractivity contribution in [3.8, 4) is 0 Å². The van der Waals surface area contributed by atoms with E-state index in [1.165, 1.54) is 0 Å². The summed E-state index contributed by atoms with van der Waals surface area (Å²) in [7, 11) is 0. The third-order valence-electron chi connectivity index (χ3n) is 4.25. The molecule has 0 heterocycles. The van der Waals surface area contributed by atoms with Crippen LogP contribution in [-0.4, -0.2) is 64.1 Å². The first-order valence-corrected chi connectivity index (χ1v) is 9.57. The molecule has 0 saturated carbocycles. The molecule has 0 spiro atoms. The van der Waals surface area contributed by atoms with Crippen molar-refractivity contribution in [2.24, 2.45) is 16.7 Å². The summed E-state index contributed by atoms with van der Waals surface area (Å²) in [6, 6.07) is -1.05. The lowest BCUT2D eigenvalue weighted by Crippen LogP contribution is -2.48. The van der Waals surface area contributed by atoms with Gasteiger partial charge >= 0.3 is 6.03 Å². The topological polar surface area (TPSA) is 139 Å². The van der Waals surface area contributed by atoms with Crippen LogP contribution in [0.2, 0.25) is 0 Å². The number of aliphatic hydroxyl groups excluding tert-OH is 2. The van der Waals surface area contributed by atoms with Gasteiger partial charge in [-0.1, -0.05) is 41.5 Å². The third-order valence-corrected chi connectivity index (χ3v) is 4.25. The van der Waals surface area contributed by atoms with Gasteiger partial charge in [0.1, 0.15) is 6.10 Å². The van der Waals surface area contributed by atoms with Crippen molar-refractivity contribution in [3.63, 3.8) is 0 Å². The zero-order valence-corrected chi connectivity index (χ0v) is 17.9. The fourth-order valence-electron chi connectivity index (χ4n) is 2.20. The highest BCUT2D eigenvalue weighted by Crippen LogP contribution is 2.20. The Labute approximate surface area is 167 Å². The molecule has 164 valence electrons. The number of rotatable bonds is 11. The SMILES string of the molecule is CC(C)CC[C@H](O)C(=O)N(O)C(=O)NCC(C)(C)CC(=O)NCC(C)(C)CO. The van der Waals surface area contributed by atoms with Crippen LogP contribution >= 0.6 is 0 Å². The van der Waals surface area contributed by atoms with Gasteiger partial charge < -0.3 is 20.8 Å². The van der Waals surface area contributed by atoms with Crippen LogP contribution in [0.25, 0.3) is 0 Å². The molecule has 4 amide bonds. The monoisotopic (exact) mass is 403 g/mol. The van der Waals surface area contributed by atoms with Crippen molar-refractivity contribution in [2.75, 3.05) is 19.7 Å². The minimum atomic E-state index is -1.45. The quantitative estimate of drug-likeness (QED) is 0.260. The van der Waals surface area contributed by atoms with E-state index in [2.05, 4.69) is 10.6 Å². The molecule has 0 aromatic rings. The van der Waals surface area contributed by atoms with Crippen LogP contribution in [0.4, 0.5) is 4.79 Å². The van der Waals surface area contributed by atoms with E-state index >= 15 is 0 Å². The molecule has 0 aromatic heterocycles. The van der Waals surface area contributed by atoms with Crippen LogP contribution in [0.1, 0.15) is 60.8 Å². The number of urea groups is 1. The van der Waals surface area contributed by atoms with Gasteiger partial charge in [0, 0.05) is 31.5 Å². The maximum absolute atomic E-state index is 12.1. The van der Waals surface area contributed by atoms with Gasteiger partial charge in [-0.3, -0.25) is 14.8 Å². The highest BCUT2D eigenvalue weighted by molar-refractivity contribution is 5.94. The van der Waals surface area contributed by atoms with E-state index in [1.807, 2.05) is 27.7 Å². The summed E-state index contributed by atoms with van der Waals surface area (Å²) in [5.41, 5.74) is -1.06. The van der Waals surface area contributed by atoms with Crippen LogP contribution in [0, 0.1) is 16.7 Å². The van der Waals surface area contributed by atoms with Gasteiger partial charge in [0.2, 0.25) is 5.91 Å². The second-order valence-corrected chi connectivity index (χ2v) is 9.24. The average molecular weight is 404 g/mol. The van der Waals surface area contributed by atoms with Gasteiger partial charge in [0.25, 0.3) is 5.91 Å². The van der Waals surface area contributed by atoms with Crippen molar-refractivity contribution >= 4 is 17.8 Å². The minimum Gasteiger partial charge on any atom is -0.396 e. The maximum atomic E-state index is 12.1. The Morgan fingerprint density at radius 2 is 1.50 bits per heavy atom. The first kappa shape index (κ1) is 26.3. The number of nitrogens with zero attached hydrogens (tertiary/aromatic N) is 1. The molecule has 0 aliphatic carbocycles. The predicted octanol–water partition coefficient (Wildman–Crippen LogP) is 1.26. The Kier molecular flexibility index (Phi) is 10.6. The first-order chi connectivity index (χ1) is 12.7. The van der Waals surface area contributed by atoms with Crippen LogP contribution < -0.4 is 10.6 Å². The standard InChI is InChI=1S/C19H37N3O6/c1-13(2)7-8-14(24)16(26)22(28)17(27)21-10-18(3,4)9-15(25)20-11-19(5,6)12-23/h13-14,23-24,28H,7-12H2,1-6H3,(H,20,25)(H,21,27)/t14-/m0/s1. The summed E-state index contributed by atoms with van der Waals surface area (Å²) in [5.74, 6) is -1.04. The van der Waals surface area contributed by atoms with Crippen LogP contribution in [0.15, 0.2) is 0 Å². The summed E-state index contributed by atoms with van der Waals surface area (Å²) in [6.07, 6.45) is -0.619. The molecule has 0 radical (unpaired) electrons. The van der Waals surface area contributed by atoms with E-state index < -0.39 is 28.9 Å². The predicted molar refractivity (Wildman–Crippen MR) is 104 cm³/mol. The van der Waals surface area contributed by atoms with Crippen LogP contribution in [-0.2, 0) is 9.59 Å². The number of hydrogen-bond acceptors (Lipinski definition) is 6. The molecule has 0 aliphatic heterocycles. The lowest BCUT2D eigenvalue weighted by atomic mass is 9.88. The Balaban J connectivity index is 4.49. The largest absolute Gasteiger partial charge is 0.396 e. The van der Waals surface area contributed by atoms with Gasteiger partial charge in [-0.05, 0) is 24.2 Å². The van der Waals surface area contributed by atoms with Crippen LogP contribution in [0.5, 0.6) is 0 Å². The van der Waals surface area contributed by atoms with Crippen molar-refractivity contribution in [1.29, 1.82) is 0 Å². The average Bonchev–Trinajstić information content (AvgIpc) is 2.60. The number of hydroxylamine groups is 2. The van der Waals surface area contributed by atoms with Crippen molar-refractivity contribution in [2.45, 2.75) is 66.9 Å². The van der Waals surface area contributed by atoms with E-state index in [9.17, 15) is 29.8 Å². The van der Waals surface area contributed by atoms with E-state index in [-0.39, 0.29) is 42.9 Å². The number of carbonyl (C=O) groups excluding carboxylic acids is 3. The zero-order chi connectivity index (χ0) is 22.1. The number of nitrogens with one attached hydrogen (secondary N) is 2. The Bertz CT molecular complexity index is 534. The van der Waals surface area contributed by atoms with Gasteiger partial charge in [-0.25, -0.2) is 4.79 Å². The second-order valence-electron chi connectivity index (χ2n) is 9.24. The lowest BCUT2D eigenvalue weighted by Gasteiger charge is -2.27. The Morgan fingerprint density at radius 1 is 0.964 bits per heavy atom. The van der Waals surface area contributed by atoms with E-state index in [1.54, 1.807) is 13.8 Å². The normalized spacial score (nSPS) is 13.2. The number of carbonyl (C=O) groups is 3. The molecule has 0 saturated heterocycles. The molecular weight excluding hydrogens is 366 g/mol. The maximum Gasteiger partial charge on any atom is 0.348 e. The van der Waals surface area contributed by atoms with Gasteiger partial charge in [-0.2, -0.15) is 0 Å². The first-order valence-electron chi connectivity index (χ1n) is 9.57. The highest BCUT2D eigenvalue weighted by atomic mass is 16.5. The molecule has 0 fully saturated rings. The number of aliphatic hydroxyl groups is 2. The molecule has 5 N–H and O–H groups in total. The van der Waals surface area contributed by atoms with Crippen molar-refractivity contribution in [1.82, 2.24) is 15.7 Å². The molecule has 1 atom stereocenters.